The number of carbonyl (C=O) groups excluding carboxylic acids is 1. The van der Waals surface area contributed by atoms with E-state index < -0.39 is 5.97 Å². The maximum atomic E-state index is 12.9. The van der Waals surface area contributed by atoms with Gasteiger partial charge in [0.15, 0.2) is 6.61 Å². The Bertz CT molecular complexity index is 907. The van der Waals surface area contributed by atoms with Crippen LogP contribution in [0.15, 0.2) is 63.6 Å². The fraction of sp³-hybridized carbons (Fsp3) is 0.0556. The Balaban J connectivity index is 1.56. The minimum atomic E-state index is -0.526. The molecule has 0 amide bonds. The SMILES string of the molecule is O=C(/C=C/c1cccc(Br)c1)OCc1nc(-c2ccc(F)cc2)no1. The van der Waals surface area contributed by atoms with Gasteiger partial charge in [-0.15, -0.1) is 0 Å². The summed E-state index contributed by atoms with van der Waals surface area (Å²) in [6, 6.07) is 13.2. The number of hydrogen-bond acceptors (Lipinski definition) is 5. The van der Waals surface area contributed by atoms with Gasteiger partial charge < -0.3 is 9.26 Å². The van der Waals surface area contributed by atoms with Gasteiger partial charge in [-0.05, 0) is 48.0 Å². The van der Waals surface area contributed by atoms with Gasteiger partial charge in [0.25, 0.3) is 5.89 Å². The maximum absolute atomic E-state index is 12.9. The summed E-state index contributed by atoms with van der Waals surface area (Å²) < 4.78 is 23.9. The lowest BCUT2D eigenvalue weighted by molar-refractivity contribution is -0.139. The predicted octanol–water partition coefficient (Wildman–Crippen LogP) is 4.39. The van der Waals surface area contributed by atoms with Crippen LogP contribution in [0, 0.1) is 5.82 Å². The highest BCUT2D eigenvalue weighted by atomic mass is 79.9. The number of rotatable bonds is 5. The third-order valence-corrected chi connectivity index (χ3v) is 3.66. The van der Waals surface area contributed by atoms with E-state index in [9.17, 15) is 9.18 Å². The minimum Gasteiger partial charge on any atom is -0.452 e. The molecular formula is C18H12BrFN2O3. The average Bonchev–Trinajstić information content (AvgIpc) is 3.08. The molecule has 5 nitrogen and oxygen atoms in total. The van der Waals surface area contributed by atoms with Crippen molar-refractivity contribution in [2.45, 2.75) is 6.61 Å². The molecule has 1 heterocycles. The minimum absolute atomic E-state index is 0.143. The number of carbonyl (C=O) groups is 1. The summed E-state index contributed by atoms with van der Waals surface area (Å²) in [5.41, 5.74) is 1.47. The first-order valence-electron chi connectivity index (χ1n) is 7.29. The summed E-state index contributed by atoms with van der Waals surface area (Å²) in [6.45, 7) is -0.143. The zero-order chi connectivity index (χ0) is 17.6. The van der Waals surface area contributed by atoms with Crippen molar-refractivity contribution < 1.29 is 18.4 Å². The molecule has 126 valence electrons. The largest absolute Gasteiger partial charge is 0.452 e. The first-order chi connectivity index (χ1) is 12.1. The fourth-order valence-corrected chi connectivity index (χ4v) is 2.40. The molecule has 0 atom stereocenters. The Hall–Kier alpha value is -2.80. The molecule has 0 unspecified atom stereocenters. The van der Waals surface area contributed by atoms with Crippen LogP contribution in [-0.4, -0.2) is 16.1 Å². The van der Waals surface area contributed by atoms with E-state index in [2.05, 4.69) is 26.1 Å². The molecule has 0 aliphatic carbocycles. The lowest BCUT2D eigenvalue weighted by Gasteiger charge is -1.97. The third-order valence-electron chi connectivity index (χ3n) is 3.17. The van der Waals surface area contributed by atoms with Crippen molar-refractivity contribution in [3.05, 3.63) is 76.4 Å². The van der Waals surface area contributed by atoms with Gasteiger partial charge in [-0.25, -0.2) is 9.18 Å². The van der Waals surface area contributed by atoms with Crippen LogP contribution in [0.3, 0.4) is 0 Å². The number of aromatic nitrogens is 2. The van der Waals surface area contributed by atoms with E-state index in [1.54, 1.807) is 6.08 Å². The van der Waals surface area contributed by atoms with Gasteiger partial charge >= 0.3 is 5.97 Å². The van der Waals surface area contributed by atoms with Crippen molar-refractivity contribution in [1.82, 2.24) is 10.1 Å². The van der Waals surface area contributed by atoms with E-state index in [-0.39, 0.29) is 18.3 Å². The van der Waals surface area contributed by atoms with Crippen LogP contribution in [0.4, 0.5) is 4.39 Å². The predicted molar refractivity (Wildman–Crippen MR) is 92.7 cm³/mol. The van der Waals surface area contributed by atoms with Gasteiger partial charge in [0.1, 0.15) is 5.82 Å². The van der Waals surface area contributed by atoms with Gasteiger partial charge in [0.05, 0.1) is 0 Å². The normalized spacial score (nSPS) is 11.0. The molecular weight excluding hydrogens is 391 g/mol. The summed E-state index contributed by atoms with van der Waals surface area (Å²) in [4.78, 5) is 15.8. The second-order valence-corrected chi connectivity index (χ2v) is 5.93. The molecule has 7 heteroatoms. The molecule has 0 bridgehead atoms. The Morgan fingerprint density at radius 2 is 2.04 bits per heavy atom. The monoisotopic (exact) mass is 402 g/mol. The number of ether oxygens (including phenoxy) is 1. The molecule has 0 spiro atoms. The summed E-state index contributed by atoms with van der Waals surface area (Å²) in [5, 5.41) is 3.77. The molecule has 2 aromatic carbocycles. The number of benzene rings is 2. The van der Waals surface area contributed by atoms with Crippen LogP contribution in [0.25, 0.3) is 17.5 Å². The average molecular weight is 403 g/mol. The zero-order valence-electron chi connectivity index (χ0n) is 12.9. The number of halogens is 2. The van der Waals surface area contributed by atoms with Crippen LogP contribution >= 0.6 is 15.9 Å². The second-order valence-electron chi connectivity index (χ2n) is 5.01. The van der Waals surface area contributed by atoms with Crippen LogP contribution in [0.5, 0.6) is 0 Å². The van der Waals surface area contributed by atoms with Gasteiger partial charge in [-0.3, -0.25) is 0 Å². The Labute approximate surface area is 151 Å². The summed E-state index contributed by atoms with van der Waals surface area (Å²) in [6.07, 6.45) is 2.96. The van der Waals surface area contributed by atoms with E-state index >= 15 is 0 Å². The van der Waals surface area contributed by atoms with E-state index in [1.165, 1.54) is 30.3 Å². The standard InChI is InChI=1S/C18H12BrFN2O3/c19-14-3-1-2-12(10-14)4-9-17(23)24-11-16-21-18(22-25-16)13-5-7-15(20)8-6-13/h1-10H,11H2/b9-4+. The number of hydrogen-bond donors (Lipinski definition) is 0. The van der Waals surface area contributed by atoms with Crippen LogP contribution < -0.4 is 0 Å². The van der Waals surface area contributed by atoms with Gasteiger partial charge in [-0.1, -0.05) is 33.2 Å². The highest BCUT2D eigenvalue weighted by Crippen LogP contribution is 2.16. The molecule has 1 aromatic heterocycles. The lowest BCUT2D eigenvalue weighted by Crippen LogP contribution is -2.00. The summed E-state index contributed by atoms with van der Waals surface area (Å²) in [5.74, 6) is -0.417. The quantitative estimate of drug-likeness (QED) is 0.467. The van der Waals surface area contributed by atoms with E-state index in [1.807, 2.05) is 24.3 Å². The van der Waals surface area contributed by atoms with Gasteiger partial charge in [-0.2, -0.15) is 4.98 Å². The van der Waals surface area contributed by atoms with E-state index in [0.717, 1.165) is 10.0 Å². The maximum Gasteiger partial charge on any atom is 0.331 e. The number of esters is 1. The fourth-order valence-electron chi connectivity index (χ4n) is 1.99. The molecule has 25 heavy (non-hydrogen) atoms. The molecule has 0 aliphatic heterocycles. The Kier molecular flexibility index (Phi) is 5.35. The summed E-state index contributed by atoms with van der Waals surface area (Å²) >= 11 is 3.36. The van der Waals surface area contributed by atoms with Crippen molar-refractivity contribution in [1.29, 1.82) is 0 Å². The first kappa shape index (κ1) is 17.0. The molecule has 0 radical (unpaired) electrons. The van der Waals surface area contributed by atoms with Crippen LogP contribution in [0.1, 0.15) is 11.5 Å². The van der Waals surface area contributed by atoms with Crippen LogP contribution in [-0.2, 0) is 16.1 Å². The lowest BCUT2D eigenvalue weighted by atomic mass is 10.2. The second kappa shape index (κ2) is 7.85. The molecule has 0 saturated heterocycles. The van der Waals surface area contributed by atoms with E-state index in [0.29, 0.717) is 11.4 Å². The molecule has 0 aliphatic rings. The molecule has 3 aromatic rings. The summed E-state index contributed by atoms with van der Waals surface area (Å²) in [7, 11) is 0. The highest BCUT2D eigenvalue weighted by molar-refractivity contribution is 9.10. The Morgan fingerprint density at radius 3 is 2.80 bits per heavy atom. The first-order valence-corrected chi connectivity index (χ1v) is 8.08. The highest BCUT2D eigenvalue weighted by Gasteiger charge is 2.10. The molecule has 0 saturated carbocycles. The van der Waals surface area contributed by atoms with Crippen molar-refractivity contribution in [2.24, 2.45) is 0 Å². The Morgan fingerprint density at radius 1 is 1.24 bits per heavy atom. The molecule has 0 fully saturated rings. The number of nitrogens with zero attached hydrogens (tertiary/aromatic N) is 2. The van der Waals surface area contributed by atoms with Crippen molar-refractivity contribution in [3.8, 4) is 11.4 Å². The van der Waals surface area contributed by atoms with Gasteiger partial charge in [0.2, 0.25) is 5.82 Å². The third kappa shape index (κ3) is 4.84. The van der Waals surface area contributed by atoms with Crippen molar-refractivity contribution in [2.75, 3.05) is 0 Å². The topological polar surface area (TPSA) is 65.2 Å². The van der Waals surface area contributed by atoms with Crippen LogP contribution in [0.2, 0.25) is 0 Å². The molecule has 0 N–H and O–H groups in total. The van der Waals surface area contributed by atoms with E-state index in [4.69, 9.17) is 9.26 Å². The zero-order valence-corrected chi connectivity index (χ0v) is 14.4. The molecule has 3 rings (SSSR count). The van der Waals surface area contributed by atoms with Gasteiger partial charge in [0, 0.05) is 16.1 Å². The smallest absolute Gasteiger partial charge is 0.331 e. The van der Waals surface area contributed by atoms with Crippen molar-refractivity contribution in [3.63, 3.8) is 0 Å². The van der Waals surface area contributed by atoms with Crippen molar-refractivity contribution >= 4 is 28.0 Å².